The summed E-state index contributed by atoms with van der Waals surface area (Å²) in [6, 6.07) is 13.0. The smallest absolute Gasteiger partial charge is 0.275 e. The topological polar surface area (TPSA) is 68.5 Å². The molecule has 4 aromatic rings. The predicted molar refractivity (Wildman–Crippen MR) is 109 cm³/mol. The van der Waals surface area contributed by atoms with Crippen LogP contribution in [0.5, 0.6) is 5.75 Å². The van der Waals surface area contributed by atoms with Crippen molar-refractivity contribution in [3.8, 4) is 17.0 Å². The Morgan fingerprint density at radius 3 is 2.68 bits per heavy atom. The maximum atomic E-state index is 12.4. The molecule has 3 aromatic heterocycles. The molecule has 28 heavy (non-hydrogen) atoms. The number of rotatable bonds is 4. The number of aryl methyl sites for hydroxylation is 1. The summed E-state index contributed by atoms with van der Waals surface area (Å²) in [5, 5.41) is 3.03. The van der Waals surface area contributed by atoms with Gasteiger partial charge in [-0.1, -0.05) is 29.8 Å². The SMILES string of the molecule is COc1cnc(C(=O)Nc2ccc(-c3cn4cccc(C)c4n3)cc2)c(Cl)c1. The highest BCUT2D eigenvalue weighted by atomic mass is 35.5. The van der Waals surface area contributed by atoms with Crippen molar-refractivity contribution in [2.24, 2.45) is 0 Å². The first kappa shape index (κ1) is 18.0. The van der Waals surface area contributed by atoms with Gasteiger partial charge in [0.1, 0.15) is 17.1 Å². The molecule has 7 heteroatoms. The van der Waals surface area contributed by atoms with E-state index in [2.05, 4.69) is 15.3 Å². The van der Waals surface area contributed by atoms with Crippen LogP contribution in [0, 0.1) is 6.92 Å². The highest BCUT2D eigenvalue weighted by Crippen LogP contribution is 2.24. The minimum absolute atomic E-state index is 0.141. The van der Waals surface area contributed by atoms with Gasteiger partial charge in [0.05, 0.1) is 24.0 Å². The van der Waals surface area contributed by atoms with Crippen LogP contribution in [-0.4, -0.2) is 27.4 Å². The first-order valence-corrected chi connectivity index (χ1v) is 8.98. The summed E-state index contributed by atoms with van der Waals surface area (Å²) >= 11 is 6.11. The van der Waals surface area contributed by atoms with Crippen molar-refractivity contribution in [2.45, 2.75) is 6.92 Å². The number of nitrogens with zero attached hydrogens (tertiary/aromatic N) is 3. The fraction of sp³-hybridized carbons (Fsp3) is 0.0952. The van der Waals surface area contributed by atoms with Crippen LogP contribution >= 0.6 is 11.6 Å². The minimum atomic E-state index is -0.385. The minimum Gasteiger partial charge on any atom is -0.495 e. The fourth-order valence-electron chi connectivity index (χ4n) is 2.91. The zero-order valence-corrected chi connectivity index (χ0v) is 16.1. The van der Waals surface area contributed by atoms with E-state index in [1.54, 1.807) is 6.07 Å². The van der Waals surface area contributed by atoms with E-state index in [0.717, 1.165) is 22.5 Å². The van der Waals surface area contributed by atoms with E-state index >= 15 is 0 Å². The van der Waals surface area contributed by atoms with Crippen molar-refractivity contribution in [2.75, 3.05) is 12.4 Å². The van der Waals surface area contributed by atoms with Crippen LogP contribution in [-0.2, 0) is 0 Å². The average molecular weight is 393 g/mol. The molecule has 1 amide bonds. The molecule has 140 valence electrons. The van der Waals surface area contributed by atoms with Gasteiger partial charge < -0.3 is 14.5 Å². The number of imidazole rings is 1. The van der Waals surface area contributed by atoms with E-state index < -0.39 is 0 Å². The molecule has 0 spiro atoms. The van der Waals surface area contributed by atoms with Gasteiger partial charge in [0, 0.05) is 29.7 Å². The summed E-state index contributed by atoms with van der Waals surface area (Å²) in [5.41, 5.74) is 4.65. The van der Waals surface area contributed by atoms with Crippen LogP contribution in [0.2, 0.25) is 5.02 Å². The lowest BCUT2D eigenvalue weighted by Crippen LogP contribution is -2.14. The van der Waals surface area contributed by atoms with Crippen molar-refractivity contribution >= 4 is 28.8 Å². The van der Waals surface area contributed by atoms with Gasteiger partial charge in [-0.2, -0.15) is 0 Å². The summed E-state index contributed by atoms with van der Waals surface area (Å²) < 4.78 is 7.04. The van der Waals surface area contributed by atoms with Gasteiger partial charge >= 0.3 is 0 Å². The third kappa shape index (κ3) is 3.42. The van der Waals surface area contributed by atoms with Crippen molar-refractivity contribution in [1.29, 1.82) is 0 Å². The third-order valence-corrected chi connectivity index (χ3v) is 4.67. The lowest BCUT2D eigenvalue weighted by molar-refractivity contribution is 0.102. The Balaban J connectivity index is 1.54. The molecule has 0 aliphatic carbocycles. The Hall–Kier alpha value is -3.38. The fourth-order valence-corrected chi connectivity index (χ4v) is 3.15. The molecule has 6 nitrogen and oxygen atoms in total. The van der Waals surface area contributed by atoms with E-state index in [4.69, 9.17) is 16.3 Å². The molecule has 0 bridgehead atoms. The summed E-state index contributed by atoms with van der Waals surface area (Å²) in [6.07, 6.45) is 5.41. The van der Waals surface area contributed by atoms with Gasteiger partial charge in [-0.15, -0.1) is 0 Å². The quantitative estimate of drug-likeness (QED) is 0.550. The number of halogens is 1. The molecule has 0 fully saturated rings. The molecule has 1 aromatic carbocycles. The Labute approximate surface area is 166 Å². The van der Waals surface area contributed by atoms with Crippen molar-refractivity contribution in [3.63, 3.8) is 0 Å². The van der Waals surface area contributed by atoms with Crippen molar-refractivity contribution in [3.05, 3.63) is 77.3 Å². The lowest BCUT2D eigenvalue weighted by Gasteiger charge is -2.08. The zero-order chi connectivity index (χ0) is 19.7. The largest absolute Gasteiger partial charge is 0.495 e. The number of amides is 1. The van der Waals surface area contributed by atoms with Crippen molar-refractivity contribution < 1.29 is 9.53 Å². The van der Waals surface area contributed by atoms with Crippen LogP contribution in [0.25, 0.3) is 16.9 Å². The summed E-state index contributed by atoms with van der Waals surface area (Å²) in [6.45, 7) is 2.03. The van der Waals surface area contributed by atoms with E-state index in [1.807, 2.05) is 60.1 Å². The molecule has 0 saturated heterocycles. The molecule has 0 unspecified atom stereocenters. The maximum Gasteiger partial charge on any atom is 0.275 e. The van der Waals surface area contributed by atoms with Gasteiger partial charge in [0.15, 0.2) is 0 Å². The number of anilines is 1. The highest BCUT2D eigenvalue weighted by Gasteiger charge is 2.14. The second-order valence-corrected chi connectivity index (χ2v) is 6.69. The normalized spacial score (nSPS) is 10.8. The summed E-state index contributed by atoms with van der Waals surface area (Å²) in [4.78, 5) is 21.2. The molecule has 1 N–H and O–H groups in total. The number of aromatic nitrogens is 3. The standard InChI is InChI=1S/C21H17ClN4O2/c1-13-4-3-9-26-12-18(25-20(13)26)14-5-7-15(8-6-14)24-21(27)19-17(22)10-16(28-2)11-23-19/h3-12H,1-2H3,(H,24,27). The predicted octanol–water partition coefficient (Wildman–Crippen LogP) is 4.62. The van der Waals surface area contributed by atoms with Crippen LogP contribution in [0.4, 0.5) is 5.69 Å². The molecule has 0 radical (unpaired) electrons. The van der Waals surface area contributed by atoms with Gasteiger partial charge in [-0.25, -0.2) is 9.97 Å². The second-order valence-electron chi connectivity index (χ2n) is 6.29. The van der Waals surface area contributed by atoms with Crippen LogP contribution in [0.1, 0.15) is 16.1 Å². The van der Waals surface area contributed by atoms with Crippen LogP contribution in [0.15, 0.2) is 61.1 Å². The number of methoxy groups -OCH3 is 1. The van der Waals surface area contributed by atoms with Crippen LogP contribution < -0.4 is 10.1 Å². The Bertz CT molecular complexity index is 1170. The lowest BCUT2D eigenvalue weighted by atomic mass is 10.1. The third-order valence-electron chi connectivity index (χ3n) is 4.38. The number of ether oxygens (including phenoxy) is 1. The van der Waals surface area contributed by atoms with Gasteiger partial charge in [0.2, 0.25) is 0 Å². The molecule has 4 rings (SSSR count). The maximum absolute atomic E-state index is 12.4. The van der Waals surface area contributed by atoms with Crippen LogP contribution in [0.3, 0.4) is 0 Å². The van der Waals surface area contributed by atoms with Crippen molar-refractivity contribution in [1.82, 2.24) is 14.4 Å². The Morgan fingerprint density at radius 2 is 2.00 bits per heavy atom. The number of carbonyl (C=O) groups is 1. The number of benzene rings is 1. The first-order chi connectivity index (χ1) is 13.5. The average Bonchev–Trinajstić information content (AvgIpc) is 3.14. The monoisotopic (exact) mass is 392 g/mol. The number of nitrogens with one attached hydrogen (secondary N) is 1. The number of hydrogen-bond donors (Lipinski definition) is 1. The first-order valence-electron chi connectivity index (χ1n) is 8.61. The van der Waals surface area contributed by atoms with Gasteiger partial charge in [-0.05, 0) is 30.7 Å². The number of fused-ring (bicyclic) bond motifs is 1. The van der Waals surface area contributed by atoms with Gasteiger partial charge in [0.25, 0.3) is 5.91 Å². The highest BCUT2D eigenvalue weighted by molar-refractivity contribution is 6.34. The van der Waals surface area contributed by atoms with E-state index in [-0.39, 0.29) is 16.6 Å². The zero-order valence-electron chi connectivity index (χ0n) is 15.3. The molecule has 0 saturated carbocycles. The molecular weight excluding hydrogens is 376 g/mol. The number of pyridine rings is 2. The summed E-state index contributed by atoms with van der Waals surface area (Å²) in [5.74, 6) is 0.109. The Kier molecular flexibility index (Phi) is 4.71. The van der Waals surface area contributed by atoms with E-state index in [0.29, 0.717) is 11.4 Å². The van der Waals surface area contributed by atoms with E-state index in [1.165, 1.54) is 13.3 Å². The molecular formula is C21H17ClN4O2. The molecule has 0 atom stereocenters. The Morgan fingerprint density at radius 1 is 1.21 bits per heavy atom. The molecule has 0 aliphatic rings. The second kappa shape index (κ2) is 7.32. The number of hydrogen-bond acceptors (Lipinski definition) is 4. The summed E-state index contributed by atoms with van der Waals surface area (Å²) in [7, 11) is 1.51. The van der Waals surface area contributed by atoms with Gasteiger partial charge in [-0.3, -0.25) is 4.79 Å². The number of carbonyl (C=O) groups excluding carboxylic acids is 1. The molecule has 0 aliphatic heterocycles. The van der Waals surface area contributed by atoms with E-state index in [9.17, 15) is 4.79 Å². The molecule has 3 heterocycles.